The van der Waals surface area contributed by atoms with Crippen molar-refractivity contribution in [2.75, 3.05) is 59.3 Å². The average molecular weight is 882 g/mol. The Balaban J connectivity index is 1.64. The number of rotatable bonds is 22. The summed E-state index contributed by atoms with van der Waals surface area (Å²) in [4.78, 5) is 27.6. The van der Waals surface area contributed by atoms with E-state index < -0.39 is 61.4 Å². The van der Waals surface area contributed by atoms with Crippen LogP contribution in [0.5, 0.6) is 5.75 Å². The smallest absolute Gasteiger partial charge is 0.475 e. The summed E-state index contributed by atoms with van der Waals surface area (Å²) in [7, 11) is 2.93. The van der Waals surface area contributed by atoms with E-state index in [1.807, 2.05) is 78.9 Å². The molecular weight excluding hydrogens is 834 g/mol. The SMILES string of the molecule is C#CCO[C@@H]1CSSC[C@H]1OP(=O)(OCCC#N)OC1[C@@H](OC)[C@H](n2ccc(=O)[nH]c2=O)O[C@@H]1COC(C(/C=C\COC)=C/C=C)(c1ccccc1)c1ccc(OC)cc1. The molecule has 3 unspecified atom stereocenters. The van der Waals surface area contributed by atoms with Crippen molar-refractivity contribution >= 4 is 29.4 Å². The van der Waals surface area contributed by atoms with E-state index >= 15 is 0 Å². The number of nitrogens with zero attached hydrogens (tertiary/aromatic N) is 2. The average Bonchev–Trinajstić information content (AvgIpc) is 3.59. The molecule has 18 heteroatoms. The molecule has 1 aromatic heterocycles. The zero-order chi connectivity index (χ0) is 43.0. The van der Waals surface area contributed by atoms with Crippen molar-refractivity contribution in [1.82, 2.24) is 9.55 Å². The lowest BCUT2D eigenvalue weighted by Gasteiger charge is -2.38. The molecule has 0 amide bonds. The van der Waals surface area contributed by atoms with Gasteiger partial charge >= 0.3 is 13.5 Å². The summed E-state index contributed by atoms with van der Waals surface area (Å²) in [6.07, 6.45) is 7.54. The molecule has 3 aromatic rings. The number of ether oxygens (including phenoxy) is 6. The van der Waals surface area contributed by atoms with Crippen molar-refractivity contribution in [2.24, 2.45) is 0 Å². The number of nitrogens with one attached hydrogen (secondary N) is 1. The second-order valence-electron chi connectivity index (χ2n) is 13.1. The lowest BCUT2D eigenvalue weighted by Crippen LogP contribution is -2.43. The van der Waals surface area contributed by atoms with Gasteiger partial charge in [-0.05, 0) is 28.8 Å². The van der Waals surface area contributed by atoms with Crippen LogP contribution in [0.25, 0.3) is 0 Å². The Morgan fingerprint density at radius 3 is 2.43 bits per heavy atom. The van der Waals surface area contributed by atoms with Crippen molar-refractivity contribution in [1.29, 1.82) is 5.26 Å². The molecule has 0 spiro atoms. The standard InChI is InChI=1S/C42H48N3O12PS2/c1-6-13-30(16-11-25-49-3)42(31-14-9-8-10-15-31,32-17-19-33(50-4)20-18-32)53-27-34-38(39(51-5)40(55-34)45-23-21-37(46)44-41(45)47)57-58(48,54-26-12-22-43)56-36-29-60-59-28-35(36)52-24-7-2/h2,6,8-11,13-21,23,34-36,38-40H,1,12,24-29H2,3-5H3,(H,44,46,47)/b16-11-,30-13+/t34-,35-,36-,38?,39-,40-,42?,58?/m1/s1. The number of H-pyrrole nitrogens is 1. The molecule has 2 aliphatic heterocycles. The van der Waals surface area contributed by atoms with Gasteiger partial charge in [-0.1, -0.05) is 101 Å². The molecule has 3 heterocycles. The van der Waals surface area contributed by atoms with Crippen LogP contribution in [-0.4, -0.2) is 99.3 Å². The molecule has 60 heavy (non-hydrogen) atoms. The van der Waals surface area contributed by atoms with Crippen LogP contribution in [0, 0.1) is 23.7 Å². The Morgan fingerprint density at radius 1 is 1.05 bits per heavy atom. The van der Waals surface area contributed by atoms with Crippen LogP contribution in [-0.2, 0) is 47.4 Å². The molecule has 8 atom stereocenters. The first-order chi connectivity index (χ1) is 29.2. The molecule has 0 bridgehead atoms. The highest BCUT2D eigenvalue weighted by Gasteiger charge is 2.53. The van der Waals surface area contributed by atoms with Gasteiger partial charge in [-0.2, -0.15) is 5.26 Å². The molecule has 2 aromatic carbocycles. The summed E-state index contributed by atoms with van der Waals surface area (Å²) < 4.78 is 70.9. The van der Waals surface area contributed by atoms with Gasteiger partial charge in [0.15, 0.2) is 6.23 Å². The number of hydrogen-bond acceptors (Lipinski definition) is 15. The van der Waals surface area contributed by atoms with E-state index in [9.17, 15) is 19.4 Å². The second-order valence-corrected chi connectivity index (χ2v) is 17.2. The highest BCUT2D eigenvalue weighted by Crippen LogP contribution is 2.56. The normalized spacial score (nSPS) is 23.9. The third kappa shape index (κ3) is 11.6. The van der Waals surface area contributed by atoms with Crippen molar-refractivity contribution in [2.45, 2.75) is 48.8 Å². The van der Waals surface area contributed by atoms with E-state index in [0.29, 0.717) is 35.0 Å². The predicted octanol–water partition coefficient (Wildman–Crippen LogP) is 5.96. The first kappa shape index (κ1) is 46.9. The third-order valence-corrected chi connectivity index (χ3v) is 13.4. The molecule has 2 saturated heterocycles. The van der Waals surface area contributed by atoms with Crippen LogP contribution in [0.2, 0.25) is 0 Å². The molecule has 15 nitrogen and oxygen atoms in total. The van der Waals surface area contributed by atoms with Gasteiger partial charge in [0.2, 0.25) is 0 Å². The van der Waals surface area contributed by atoms with Gasteiger partial charge in [-0.25, -0.2) is 9.36 Å². The molecular formula is C42H48N3O12PS2. The monoisotopic (exact) mass is 881 g/mol. The van der Waals surface area contributed by atoms with E-state index in [1.165, 1.54) is 24.1 Å². The highest BCUT2D eigenvalue weighted by molar-refractivity contribution is 8.76. The van der Waals surface area contributed by atoms with Crippen molar-refractivity contribution < 1.29 is 46.6 Å². The van der Waals surface area contributed by atoms with Crippen LogP contribution in [0.15, 0.2) is 113 Å². The molecule has 5 rings (SSSR count). The Morgan fingerprint density at radius 2 is 1.78 bits per heavy atom. The first-order valence-electron chi connectivity index (χ1n) is 18.8. The molecule has 0 saturated carbocycles. The molecule has 2 aliphatic rings. The Hall–Kier alpha value is -4.20. The van der Waals surface area contributed by atoms with Gasteiger partial charge in [-0.15, -0.1) is 6.42 Å². The van der Waals surface area contributed by atoms with Crippen molar-refractivity contribution in [3.8, 4) is 24.2 Å². The lowest BCUT2D eigenvalue weighted by molar-refractivity contribution is -0.0978. The summed E-state index contributed by atoms with van der Waals surface area (Å²) >= 11 is 0. The summed E-state index contributed by atoms with van der Waals surface area (Å²) in [5.74, 6) is 3.89. The zero-order valence-corrected chi connectivity index (χ0v) is 35.9. The number of allylic oxidation sites excluding steroid dienone is 2. The minimum absolute atomic E-state index is 0.00622. The fourth-order valence-electron chi connectivity index (χ4n) is 6.67. The second kappa shape index (κ2) is 23.1. The summed E-state index contributed by atoms with van der Waals surface area (Å²) in [5.41, 5.74) is -0.732. The van der Waals surface area contributed by atoms with E-state index in [0.717, 1.165) is 16.2 Å². The number of methoxy groups -OCH3 is 3. The van der Waals surface area contributed by atoms with Gasteiger partial charge in [0, 0.05) is 38.0 Å². The largest absolute Gasteiger partial charge is 0.497 e. The van der Waals surface area contributed by atoms with Gasteiger partial charge < -0.3 is 28.4 Å². The number of benzene rings is 2. The Labute approximate surface area is 357 Å². The third-order valence-electron chi connectivity index (χ3n) is 9.41. The van der Waals surface area contributed by atoms with E-state index in [-0.39, 0.29) is 26.2 Å². The zero-order valence-electron chi connectivity index (χ0n) is 33.4. The predicted molar refractivity (Wildman–Crippen MR) is 229 cm³/mol. The van der Waals surface area contributed by atoms with E-state index in [1.54, 1.807) is 31.1 Å². The van der Waals surface area contributed by atoms with E-state index in [4.69, 9.17) is 48.4 Å². The number of aromatic nitrogens is 2. The van der Waals surface area contributed by atoms with Crippen LogP contribution in [0.1, 0.15) is 23.8 Å². The van der Waals surface area contributed by atoms with Crippen LogP contribution in [0.3, 0.4) is 0 Å². The van der Waals surface area contributed by atoms with Crippen LogP contribution >= 0.6 is 29.4 Å². The van der Waals surface area contributed by atoms with Gasteiger partial charge in [0.05, 0.1) is 45.5 Å². The Kier molecular flexibility index (Phi) is 18.1. The molecule has 0 aliphatic carbocycles. The van der Waals surface area contributed by atoms with E-state index in [2.05, 4.69) is 17.5 Å². The van der Waals surface area contributed by atoms with Gasteiger partial charge in [0.25, 0.3) is 5.56 Å². The molecule has 1 N–H and O–H groups in total. The van der Waals surface area contributed by atoms with Gasteiger partial charge in [-0.3, -0.25) is 27.9 Å². The molecule has 2 fully saturated rings. The number of hydrogen-bond donors (Lipinski definition) is 1. The number of aromatic amines is 1. The quantitative estimate of drug-likeness (QED) is 0.0411. The summed E-state index contributed by atoms with van der Waals surface area (Å²) in [6.45, 7) is 3.69. The minimum atomic E-state index is -4.63. The summed E-state index contributed by atoms with van der Waals surface area (Å²) in [5, 5.41) is 9.36. The fraction of sp³-hybridized carbons (Fsp3) is 0.405. The molecule has 320 valence electrons. The van der Waals surface area contributed by atoms with Gasteiger partial charge in [0.1, 0.15) is 42.4 Å². The minimum Gasteiger partial charge on any atom is -0.497 e. The number of terminal acetylenes is 1. The maximum atomic E-state index is 14.9. The maximum Gasteiger partial charge on any atom is 0.475 e. The van der Waals surface area contributed by atoms with Crippen LogP contribution < -0.4 is 16.0 Å². The first-order valence-corrected chi connectivity index (χ1v) is 22.7. The highest BCUT2D eigenvalue weighted by atomic mass is 33.1. The van der Waals surface area contributed by atoms with Crippen molar-refractivity contribution in [3.63, 3.8) is 0 Å². The summed E-state index contributed by atoms with van der Waals surface area (Å²) in [6, 6.07) is 20.0. The fourth-order valence-corrected chi connectivity index (χ4v) is 10.8. The number of phosphoric acid groups is 1. The van der Waals surface area contributed by atoms with Crippen molar-refractivity contribution in [3.05, 3.63) is 135 Å². The topological polar surface area (TPSA) is 179 Å². The number of phosphoric ester groups is 1. The lowest BCUT2D eigenvalue weighted by atomic mass is 9.79. The maximum absolute atomic E-state index is 14.9. The molecule has 0 radical (unpaired) electrons. The number of nitriles is 1. The van der Waals surface area contributed by atoms with Crippen LogP contribution in [0.4, 0.5) is 0 Å². The Bertz CT molecular complexity index is 2170.